The average molecular weight is 281 g/mol. The maximum atomic E-state index is 7.38. The summed E-state index contributed by atoms with van der Waals surface area (Å²) in [6, 6.07) is 5.44. The van der Waals surface area contributed by atoms with Crippen LogP contribution < -0.4 is 5.73 Å². The lowest BCUT2D eigenvalue weighted by Gasteiger charge is -2.28. The van der Waals surface area contributed by atoms with E-state index in [1.54, 1.807) is 6.07 Å². The minimum Gasteiger partial charge on any atom is -0.384 e. The van der Waals surface area contributed by atoms with Crippen LogP contribution in [0.15, 0.2) is 18.2 Å². The third kappa shape index (κ3) is 3.71. The number of nitrogens with one attached hydrogen (secondary N) is 1. The van der Waals surface area contributed by atoms with Crippen molar-refractivity contribution in [2.24, 2.45) is 11.7 Å². The van der Waals surface area contributed by atoms with Gasteiger partial charge in [0.15, 0.2) is 0 Å². The molecular weight excluding hydrogens is 260 g/mol. The van der Waals surface area contributed by atoms with Crippen LogP contribution in [0, 0.1) is 11.3 Å². The van der Waals surface area contributed by atoms with Crippen molar-refractivity contribution < 1.29 is 4.74 Å². The molecular formula is C15H21ClN2O. The van der Waals surface area contributed by atoms with Crippen molar-refractivity contribution in [1.29, 1.82) is 5.41 Å². The molecule has 3 N–H and O–H groups in total. The number of hydrogen-bond acceptors (Lipinski definition) is 2. The number of nitrogen functional groups attached to an aromatic ring is 1. The van der Waals surface area contributed by atoms with E-state index in [2.05, 4.69) is 6.92 Å². The summed E-state index contributed by atoms with van der Waals surface area (Å²) in [5, 5.41) is 8.00. The van der Waals surface area contributed by atoms with Crippen LogP contribution in [0.2, 0.25) is 5.02 Å². The van der Waals surface area contributed by atoms with Crippen LogP contribution in [-0.2, 0) is 11.3 Å². The second-order valence-electron chi connectivity index (χ2n) is 5.33. The molecule has 2 rings (SSSR count). The van der Waals surface area contributed by atoms with Crippen molar-refractivity contribution >= 4 is 17.4 Å². The molecule has 4 heteroatoms. The molecule has 19 heavy (non-hydrogen) atoms. The van der Waals surface area contributed by atoms with Crippen molar-refractivity contribution in [2.75, 3.05) is 0 Å². The number of ether oxygens (including phenoxy) is 1. The number of benzene rings is 1. The lowest BCUT2D eigenvalue weighted by Crippen LogP contribution is -2.25. The van der Waals surface area contributed by atoms with E-state index in [-0.39, 0.29) is 5.84 Å². The molecule has 1 aromatic carbocycles. The van der Waals surface area contributed by atoms with Gasteiger partial charge in [0, 0.05) is 10.6 Å². The first-order valence-corrected chi connectivity index (χ1v) is 7.20. The van der Waals surface area contributed by atoms with Crippen LogP contribution >= 0.6 is 11.6 Å². The SMILES string of the molecule is CC1CCCCC1OCc1ccc(C(=N)N)cc1Cl. The van der Waals surface area contributed by atoms with Crippen LogP contribution in [0.4, 0.5) is 0 Å². The van der Waals surface area contributed by atoms with Gasteiger partial charge >= 0.3 is 0 Å². The summed E-state index contributed by atoms with van der Waals surface area (Å²) >= 11 is 6.20. The molecule has 1 fully saturated rings. The highest BCUT2D eigenvalue weighted by Crippen LogP contribution is 2.28. The van der Waals surface area contributed by atoms with Gasteiger partial charge in [-0.3, -0.25) is 5.41 Å². The number of halogens is 1. The molecule has 1 aliphatic rings. The highest BCUT2D eigenvalue weighted by molar-refractivity contribution is 6.31. The number of rotatable bonds is 4. The van der Waals surface area contributed by atoms with Crippen LogP contribution in [0.3, 0.4) is 0 Å². The van der Waals surface area contributed by atoms with Gasteiger partial charge in [-0.05, 0) is 30.4 Å². The molecule has 104 valence electrons. The standard InChI is InChI=1S/C15H21ClN2O/c1-10-4-2-3-5-14(10)19-9-12-7-6-11(15(17)18)8-13(12)16/h6-8,10,14H,2-5,9H2,1H3,(H3,17,18). The van der Waals surface area contributed by atoms with E-state index >= 15 is 0 Å². The highest BCUT2D eigenvalue weighted by Gasteiger charge is 2.22. The van der Waals surface area contributed by atoms with Crippen molar-refractivity contribution in [1.82, 2.24) is 0 Å². The lowest BCUT2D eigenvalue weighted by atomic mass is 9.88. The predicted octanol–water partition coefficient (Wildman–Crippen LogP) is 3.72. The maximum Gasteiger partial charge on any atom is 0.122 e. The van der Waals surface area contributed by atoms with Crippen molar-refractivity contribution in [3.8, 4) is 0 Å². The molecule has 0 spiro atoms. The Morgan fingerprint density at radius 2 is 2.16 bits per heavy atom. The van der Waals surface area contributed by atoms with Gasteiger partial charge in [0.05, 0.1) is 12.7 Å². The maximum absolute atomic E-state index is 7.38. The predicted molar refractivity (Wildman–Crippen MR) is 78.7 cm³/mol. The van der Waals surface area contributed by atoms with Crippen LogP contribution in [0.1, 0.15) is 43.7 Å². The monoisotopic (exact) mass is 280 g/mol. The molecule has 0 bridgehead atoms. The first-order valence-electron chi connectivity index (χ1n) is 6.82. The lowest BCUT2D eigenvalue weighted by molar-refractivity contribution is -0.0154. The molecule has 0 aromatic heterocycles. The van der Waals surface area contributed by atoms with Gasteiger partial charge < -0.3 is 10.5 Å². The van der Waals surface area contributed by atoms with E-state index in [1.807, 2.05) is 12.1 Å². The highest BCUT2D eigenvalue weighted by atomic mass is 35.5. The fraction of sp³-hybridized carbons (Fsp3) is 0.533. The van der Waals surface area contributed by atoms with Gasteiger partial charge in [-0.2, -0.15) is 0 Å². The Balaban J connectivity index is 1.97. The minimum atomic E-state index is 0.0373. The molecule has 0 aliphatic heterocycles. The smallest absolute Gasteiger partial charge is 0.122 e. The average Bonchev–Trinajstić information content (AvgIpc) is 2.39. The third-order valence-electron chi connectivity index (χ3n) is 3.85. The summed E-state index contributed by atoms with van der Waals surface area (Å²) in [4.78, 5) is 0. The molecule has 1 saturated carbocycles. The Morgan fingerprint density at radius 3 is 2.79 bits per heavy atom. The molecule has 1 aromatic rings. The Labute approximate surface area is 119 Å². The number of hydrogen-bond donors (Lipinski definition) is 2. The van der Waals surface area contributed by atoms with E-state index in [0.29, 0.717) is 29.2 Å². The van der Waals surface area contributed by atoms with E-state index in [4.69, 9.17) is 27.5 Å². The normalized spacial score (nSPS) is 23.3. The van der Waals surface area contributed by atoms with E-state index in [0.717, 1.165) is 12.0 Å². The molecule has 0 amide bonds. The zero-order valence-corrected chi connectivity index (χ0v) is 12.0. The van der Waals surface area contributed by atoms with Gasteiger partial charge in [0.2, 0.25) is 0 Å². The second kappa shape index (κ2) is 6.40. The third-order valence-corrected chi connectivity index (χ3v) is 4.20. The quantitative estimate of drug-likeness (QED) is 0.652. The summed E-state index contributed by atoms with van der Waals surface area (Å²) in [5.74, 6) is 0.666. The largest absolute Gasteiger partial charge is 0.384 e. The molecule has 0 heterocycles. The second-order valence-corrected chi connectivity index (χ2v) is 5.74. The zero-order valence-electron chi connectivity index (χ0n) is 11.3. The summed E-state index contributed by atoms with van der Waals surface area (Å²) in [6.45, 7) is 2.79. The number of nitrogens with two attached hydrogens (primary N) is 1. The zero-order chi connectivity index (χ0) is 13.8. The molecule has 1 aliphatic carbocycles. The molecule has 0 saturated heterocycles. The topological polar surface area (TPSA) is 59.1 Å². The Hall–Kier alpha value is -1.06. The summed E-state index contributed by atoms with van der Waals surface area (Å²) in [6.07, 6.45) is 5.31. The van der Waals surface area contributed by atoms with E-state index < -0.39 is 0 Å². The summed E-state index contributed by atoms with van der Waals surface area (Å²) in [5.41, 5.74) is 7.05. The van der Waals surface area contributed by atoms with Gasteiger partial charge in [-0.25, -0.2) is 0 Å². The summed E-state index contributed by atoms with van der Waals surface area (Å²) < 4.78 is 5.99. The summed E-state index contributed by atoms with van der Waals surface area (Å²) in [7, 11) is 0. The Kier molecular flexibility index (Phi) is 4.83. The van der Waals surface area contributed by atoms with Crippen molar-refractivity contribution in [3.05, 3.63) is 34.3 Å². The van der Waals surface area contributed by atoms with Gasteiger partial charge in [0.1, 0.15) is 5.84 Å². The molecule has 2 atom stereocenters. The van der Waals surface area contributed by atoms with Gasteiger partial charge in [-0.1, -0.05) is 43.5 Å². The molecule has 2 unspecified atom stereocenters. The molecule has 3 nitrogen and oxygen atoms in total. The van der Waals surface area contributed by atoms with E-state index in [9.17, 15) is 0 Å². The van der Waals surface area contributed by atoms with E-state index in [1.165, 1.54) is 19.3 Å². The van der Waals surface area contributed by atoms with Crippen LogP contribution in [0.5, 0.6) is 0 Å². The van der Waals surface area contributed by atoms with Crippen LogP contribution in [0.25, 0.3) is 0 Å². The Bertz CT molecular complexity index is 461. The first-order chi connectivity index (χ1) is 9.08. The first kappa shape index (κ1) is 14.4. The Morgan fingerprint density at radius 1 is 1.42 bits per heavy atom. The minimum absolute atomic E-state index is 0.0373. The van der Waals surface area contributed by atoms with Crippen LogP contribution in [-0.4, -0.2) is 11.9 Å². The molecule has 0 radical (unpaired) electrons. The number of amidine groups is 1. The van der Waals surface area contributed by atoms with Gasteiger partial charge in [-0.15, -0.1) is 0 Å². The fourth-order valence-electron chi connectivity index (χ4n) is 2.56. The van der Waals surface area contributed by atoms with Crippen molar-refractivity contribution in [3.63, 3.8) is 0 Å². The van der Waals surface area contributed by atoms with Gasteiger partial charge in [0.25, 0.3) is 0 Å². The van der Waals surface area contributed by atoms with Crippen molar-refractivity contribution in [2.45, 2.75) is 45.3 Å². The fourth-order valence-corrected chi connectivity index (χ4v) is 2.79.